The van der Waals surface area contributed by atoms with E-state index in [0.717, 1.165) is 0 Å². The molecule has 106 valence electrons. The molecule has 1 heterocycles. The summed E-state index contributed by atoms with van der Waals surface area (Å²) in [5.41, 5.74) is 0. The zero-order valence-corrected chi connectivity index (χ0v) is 12.9. The molecule has 0 saturated carbocycles. The van der Waals surface area contributed by atoms with E-state index < -0.39 is 0 Å². The van der Waals surface area contributed by atoms with Crippen LogP contribution in [0.4, 0.5) is 11.6 Å². The lowest BCUT2D eigenvalue weighted by Gasteiger charge is -2.23. The minimum Gasteiger partial charge on any atom is -0.372 e. The Bertz CT molecular complexity index is 467. The van der Waals surface area contributed by atoms with Crippen LogP contribution in [0.25, 0.3) is 0 Å². The average molecular weight is 305 g/mol. The van der Waals surface area contributed by atoms with Gasteiger partial charge in [0.15, 0.2) is 0 Å². The fourth-order valence-electron chi connectivity index (χ4n) is 1.73. The largest absolute Gasteiger partial charge is 0.372 e. The molecule has 1 aromatic rings. The van der Waals surface area contributed by atoms with Crippen molar-refractivity contribution in [3.63, 3.8) is 0 Å². The third-order valence-electron chi connectivity index (χ3n) is 2.75. The molecule has 1 atom stereocenters. The van der Waals surface area contributed by atoms with Crippen molar-refractivity contribution >= 4 is 40.7 Å². The summed E-state index contributed by atoms with van der Waals surface area (Å²) in [4.78, 5) is 17.7. The van der Waals surface area contributed by atoms with E-state index in [0.29, 0.717) is 28.2 Å². The van der Waals surface area contributed by atoms with Crippen molar-refractivity contribution in [1.82, 2.24) is 10.3 Å². The van der Waals surface area contributed by atoms with E-state index in [1.165, 1.54) is 0 Å². The Hall–Kier alpha value is -1.20. The first-order valence-electron chi connectivity index (χ1n) is 5.87. The Morgan fingerprint density at radius 3 is 2.58 bits per heavy atom. The first-order chi connectivity index (χ1) is 8.90. The van der Waals surface area contributed by atoms with Crippen molar-refractivity contribution < 1.29 is 4.79 Å². The molecule has 0 bridgehead atoms. The molecule has 1 unspecified atom stereocenters. The number of nitrogens with zero attached hydrogens (tertiary/aromatic N) is 2. The Balaban J connectivity index is 2.93. The highest BCUT2D eigenvalue weighted by Crippen LogP contribution is 2.30. The number of pyridine rings is 1. The van der Waals surface area contributed by atoms with E-state index in [1.807, 2.05) is 18.9 Å². The van der Waals surface area contributed by atoms with Gasteiger partial charge in [-0.3, -0.25) is 4.79 Å². The van der Waals surface area contributed by atoms with Crippen LogP contribution < -0.4 is 15.5 Å². The number of rotatable bonds is 5. The van der Waals surface area contributed by atoms with Gasteiger partial charge in [0, 0.05) is 27.7 Å². The number of hydrogen-bond donors (Lipinski definition) is 2. The summed E-state index contributed by atoms with van der Waals surface area (Å²) in [5.74, 6) is 0.957. The van der Waals surface area contributed by atoms with E-state index in [9.17, 15) is 4.79 Å². The zero-order valence-electron chi connectivity index (χ0n) is 11.4. The van der Waals surface area contributed by atoms with Gasteiger partial charge >= 0.3 is 0 Å². The van der Waals surface area contributed by atoms with Gasteiger partial charge in [0.1, 0.15) is 11.6 Å². The summed E-state index contributed by atoms with van der Waals surface area (Å²) in [7, 11) is 5.19. The van der Waals surface area contributed by atoms with Crippen molar-refractivity contribution in [3.8, 4) is 0 Å². The predicted octanol–water partition coefficient (Wildman–Crippen LogP) is 2.25. The van der Waals surface area contributed by atoms with Crippen molar-refractivity contribution in [2.24, 2.45) is 5.92 Å². The highest BCUT2D eigenvalue weighted by molar-refractivity contribution is 6.37. The lowest BCUT2D eigenvalue weighted by Crippen LogP contribution is -2.34. The molecule has 0 aliphatic heterocycles. The Morgan fingerprint density at radius 1 is 1.42 bits per heavy atom. The molecule has 0 aromatic carbocycles. The number of carbonyl (C=O) groups is 1. The average Bonchev–Trinajstić information content (AvgIpc) is 2.37. The fraction of sp³-hybridized carbons (Fsp3) is 0.500. The predicted molar refractivity (Wildman–Crippen MR) is 80.3 cm³/mol. The highest BCUT2D eigenvalue weighted by Gasteiger charge is 2.17. The molecule has 1 amide bonds. The molecule has 2 N–H and O–H groups in total. The molecule has 0 fully saturated rings. The van der Waals surface area contributed by atoms with Crippen LogP contribution in [0.3, 0.4) is 0 Å². The van der Waals surface area contributed by atoms with Crippen LogP contribution in [0.15, 0.2) is 6.07 Å². The topological polar surface area (TPSA) is 57.3 Å². The molecule has 0 aliphatic carbocycles. The van der Waals surface area contributed by atoms with E-state index in [-0.39, 0.29) is 11.8 Å². The van der Waals surface area contributed by atoms with Gasteiger partial charge < -0.3 is 15.5 Å². The normalized spacial score (nSPS) is 11.9. The van der Waals surface area contributed by atoms with Crippen molar-refractivity contribution in [1.29, 1.82) is 0 Å². The molecule has 1 rings (SSSR count). The minimum atomic E-state index is -0.165. The molecular formula is C12H18Cl2N4O. The van der Waals surface area contributed by atoms with E-state index in [2.05, 4.69) is 15.6 Å². The lowest BCUT2D eigenvalue weighted by molar-refractivity contribution is -0.123. The second-order valence-electron chi connectivity index (χ2n) is 4.27. The van der Waals surface area contributed by atoms with Gasteiger partial charge in [-0.1, -0.05) is 30.1 Å². The van der Waals surface area contributed by atoms with E-state index >= 15 is 0 Å². The van der Waals surface area contributed by atoms with Gasteiger partial charge in [0.25, 0.3) is 0 Å². The number of amides is 1. The van der Waals surface area contributed by atoms with Gasteiger partial charge in [0.05, 0.1) is 16.0 Å². The fourth-order valence-corrected chi connectivity index (χ4v) is 2.32. The van der Waals surface area contributed by atoms with Gasteiger partial charge in [-0.2, -0.15) is 0 Å². The monoisotopic (exact) mass is 304 g/mol. The summed E-state index contributed by atoms with van der Waals surface area (Å²) in [6, 6.07) is 1.64. The number of aromatic nitrogens is 1. The van der Waals surface area contributed by atoms with E-state index in [1.54, 1.807) is 20.2 Å². The molecular weight excluding hydrogens is 287 g/mol. The van der Waals surface area contributed by atoms with Crippen molar-refractivity contribution in [2.75, 3.05) is 37.9 Å². The number of hydrogen-bond acceptors (Lipinski definition) is 4. The summed E-state index contributed by atoms with van der Waals surface area (Å²) in [6.45, 7) is 2.36. The summed E-state index contributed by atoms with van der Waals surface area (Å²) < 4.78 is 0. The van der Waals surface area contributed by atoms with Crippen molar-refractivity contribution in [2.45, 2.75) is 6.92 Å². The lowest BCUT2D eigenvalue weighted by atomic mass is 10.1. The van der Waals surface area contributed by atoms with Gasteiger partial charge in [-0.25, -0.2) is 4.98 Å². The first kappa shape index (κ1) is 15.9. The quantitative estimate of drug-likeness (QED) is 0.876. The zero-order chi connectivity index (χ0) is 14.6. The number of halogens is 2. The number of anilines is 2. The van der Waals surface area contributed by atoms with Crippen LogP contribution in [0.1, 0.15) is 6.92 Å². The van der Waals surface area contributed by atoms with Crippen LogP contribution in [0.5, 0.6) is 0 Å². The molecule has 0 spiro atoms. The molecule has 5 nitrogen and oxygen atoms in total. The maximum Gasteiger partial charge on any atom is 0.224 e. The molecule has 7 heteroatoms. The van der Waals surface area contributed by atoms with Crippen LogP contribution in [-0.2, 0) is 4.79 Å². The highest BCUT2D eigenvalue weighted by atomic mass is 35.5. The second kappa shape index (κ2) is 6.82. The molecule has 0 radical (unpaired) electrons. The maximum absolute atomic E-state index is 11.5. The first-order valence-corrected chi connectivity index (χ1v) is 6.62. The molecule has 19 heavy (non-hydrogen) atoms. The maximum atomic E-state index is 11.5. The summed E-state index contributed by atoms with van der Waals surface area (Å²) >= 11 is 12.1. The summed E-state index contributed by atoms with van der Waals surface area (Å²) in [5, 5.41) is 6.43. The minimum absolute atomic E-state index is 0.0224. The third kappa shape index (κ3) is 3.88. The molecule has 0 saturated heterocycles. The molecule has 0 aliphatic rings. The Labute approximate surface area is 123 Å². The Morgan fingerprint density at radius 2 is 2.05 bits per heavy atom. The second-order valence-corrected chi connectivity index (χ2v) is 5.08. The smallest absolute Gasteiger partial charge is 0.224 e. The van der Waals surface area contributed by atoms with Gasteiger partial charge in [0.2, 0.25) is 5.91 Å². The van der Waals surface area contributed by atoms with Crippen LogP contribution in [-0.4, -0.2) is 38.6 Å². The summed E-state index contributed by atoms with van der Waals surface area (Å²) in [6.07, 6.45) is 0. The van der Waals surface area contributed by atoms with Crippen LogP contribution in [0.2, 0.25) is 10.0 Å². The van der Waals surface area contributed by atoms with Crippen LogP contribution >= 0.6 is 23.2 Å². The van der Waals surface area contributed by atoms with Gasteiger partial charge in [-0.05, 0) is 6.07 Å². The SMILES string of the molecule is CNC(=O)C(C)CN(C)c1nc(NC)c(Cl)cc1Cl. The van der Waals surface area contributed by atoms with Crippen molar-refractivity contribution in [3.05, 3.63) is 16.1 Å². The third-order valence-corrected chi connectivity index (χ3v) is 3.32. The number of carbonyl (C=O) groups excluding carboxylic acids is 1. The Kier molecular flexibility index (Phi) is 5.69. The van der Waals surface area contributed by atoms with Crippen LogP contribution in [0, 0.1) is 5.92 Å². The standard InChI is InChI=1S/C12H18Cl2N4O/c1-7(12(19)16-3)6-18(4)11-9(14)5-8(13)10(15-2)17-11/h5,7H,6H2,1-4H3,(H,15,17)(H,16,19). The van der Waals surface area contributed by atoms with Gasteiger partial charge in [-0.15, -0.1) is 0 Å². The molecule has 1 aromatic heterocycles. The number of nitrogens with one attached hydrogen (secondary N) is 2. The van der Waals surface area contributed by atoms with E-state index in [4.69, 9.17) is 23.2 Å².